The highest BCUT2D eigenvalue weighted by Gasteiger charge is 2.30. The fourth-order valence-electron chi connectivity index (χ4n) is 3.30. The van der Waals surface area contributed by atoms with Gasteiger partial charge in [0.1, 0.15) is 17.5 Å². The van der Waals surface area contributed by atoms with Crippen molar-refractivity contribution >= 4 is 32.9 Å². The number of rotatable bonds is 6. The van der Waals surface area contributed by atoms with Crippen LogP contribution in [0.25, 0.3) is 11.0 Å². The smallest absolute Gasteiger partial charge is 0.337 e. The van der Waals surface area contributed by atoms with Crippen LogP contribution in [0, 0.1) is 11.6 Å². The molecule has 0 amide bonds. The topological polar surface area (TPSA) is 53.3 Å². The summed E-state index contributed by atoms with van der Waals surface area (Å²) in [6, 6.07) is 7.08. The standard InChI is InChI=1S/C22H23BrF2N2O3/c1-12(22(2,3)30-5)27-19-9-13(21(28)29-4)6-7-18(19)26-20(27)10-14-8-17(25)15(23)11-16(14)24/h6-9,11-12H,10H2,1-5H3/t12-/m1/s1. The van der Waals surface area contributed by atoms with Crippen molar-refractivity contribution in [2.75, 3.05) is 14.2 Å². The zero-order valence-corrected chi connectivity index (χ0v) is 19.0. The van der Waals surface area contributed by atoms with Gasteiger partial charge in [-0.05, 0) is 72.6 Å². The Labute approximate surface area is 182 Å². The molecule has 30 heavy (non-hydrogen) atoms. The second kappa shape index (κ2) is 8.43. The molecule has 0 spiro atoms. The van der Waals surface area contributed by atoms with Crippen molar-refractivity contribution in [3.8, 4) is 0 Å². The highest BCUT2D eigenvalue weighted by molar-refractivity contribution is 9.10. The van der Waals surface area contributed by atoms with Gasteiger partial charge in [0.2, 0.25) is 0 Å². The third-order valence-corrected chi connectivity index (χ3v) is 6.15. The maximum atomic E-state index is 14.5. The molecule has 0 fully saturated rings. The number of nitrogens with zero attached hydrogens (tertiary/aromatic N) is 2. The zero-order valence-electron chi connectivity index (χ0n) is 17.4. The summed E-state index contributed by atoms with van der Waals surface area (Å²) < 4.78 is 41.0. The lowest BCUT2D eigenvalue weighted by Crippen LogP contribution is -2.34. The summed E-state index contributed by atoms with van der Waals surface area (Å²) in [4.78, 5) is 16.7. The monoisotopic (exact) mass is 480 g/mol. The van der Waals surface area contributed by atoms with Crippen LogP contribution in [-0.4, -0.2) is 35.3 Å². The van der Waals surface area contributed by atoms with E-state index in [0.717, 1.165) is 12.1 Å². The minimum Gasteiger partial charge on any atom is -0.465 e. The Kier molecular flexibility index (Phi) is 6.29. The van der Waals surface area contributed by atoms with E-state index < -0.39 is 23.2 Å². The van der Waals surface area contributed by atoms with Gasteiger partial charge in [-0.3, -0.25) is 0 Å². The molecule has 0 N–H and O–H groups in total. The molecule has 5 nitrogen and oxygen atoms in total. The molecule has 1 aromatic heterocycles. The molecule has 0 aliphatic heterocycles. The third-order valence-electron chi connectivity index (χ3n) is 5.54. The van der Waals surface area contributed by atoms with Gasteiger partial charge in [-0.15, -0.1) is 0 Å². The molecule has 160 valence electrons. The highest BCUT2D eigenvalue weighted by atomic mass is 79.9. The quantitative estimate of drug-likeness (QED) is 0.348. The molecule has 0 bridgehead atoms. The van der Waals surface area contributed by atoms with Gasteiger partial charge < -0.3 is 14.0 Å². The molecule has 3 aromatic rings. The number of hydrogen-bond acceptors (Lipinski definition) is 4. The van der Waals surface area contributed by atoms with Crippen LogP contribution in [0.4, 0.5) is 8.78 Å². The maximum Gasteiger partial charge on any atom is 0.337 e. The molecule has 0 aliphatic carbocycles. The van der Waals surface area contributed by atoms with Crippen LogP contribution in [0.15, 0.2) is 34.8 Å². The van der Waals surface area contributed by atoms with Crippen LogP contribution < -0.4 is 0 Å². The SMILES string of the molecule is COC(=O)c1ccc2nc(Cc3cc(F)c(Br)cc3F)n([C@H](C)C(C)(C)OC)c2c1. The Bertz CT molecular complexity index is 1110. The molecule has 8 heteroatoms. The lowest BCUT2D eigenvalue weighted by atomic mass is 9.99. The van der Waals surface area contributed by atoms with E-state index in [2.05, 4.69) is 20.9 Å². The summed E-state index contributed by atoms with van der Waals surface area (Å²) in [5.74, 6) is -1.01. The first-order valence-electron chi connectivity index (χ1n) is 9.36. The number of fused-ring (bicyclic) bond motifs is 1. The Balaban J connectivity index is 2.21. The van der Waals surface area contributed by atoms with Gasteiger partial charge in [-0.1, -0.05) is 0 Å². The van der Waals surface area contributed by atoms with Crippen LogP contribution in [0.3, 0.4) is 0 Å². The van der Waals surface area contributed by atoms with E-state index in [9.17, 15) is 13.6 Å². The van der Waals surface area contributed by atoms with Crippen molar-refractivity contribution < 1.29 is 23.0 Å². The number of aromatic nitrogens is 2. The Morgan fingerprint density at radius 2 is 1.90 bits per heavy atom. The number of methoxy groups -OCH3 is 2. The summed E-state index contributed by atoms with van der Waals surface area (Å²) >= 11 is 3.00. The predicted octanol–water partition coefficient (Wildman–Crippen LogP) is 5.44. The maximum absolute atomic E-state index is 14.5. The fourth-order valence-corrected chi connectivity index (χ4v) is 3.61. The molecule has 0 aliphatic rings. The first-order valence-corrected chi connectivity index (χ1v) is 10.2. The normalized spacial score (nSPS) is 12.9. The van der Waals surface area contributed by atoms with E-state index in [1.54, 1.807) is 25.3 Å². The average molecular weight is 481 g/mol. The summed E-state index contributed by atoms with van der Waals surface area (Å²) in [5, 5.41) is 0. The number of carbonyl (C=O) groups is 1. The molecule has 1 atom stereocenters. The minimum atomic E-state index is -0.590. The van der Waals surface area contributed by atoms with Gasteiger partial charge in [-0.25, -0.2) is 18.6 Å². The average Bonchev–Trinajstić information content (AvgIpc) is 3.07. The first-order chi connectivity index (χ1) is 14.1. The van der Waals surface area contributed by atoms with Gasteiger partial charge in [0.25, 0.3) is 0 Å². The van der Waals surface area contributed by atoms with Crippen LogP contribution in [0.5, 0.6) is 0 Å². The van der Waals surface area contributed by atoms with Crippen LogP contribution in [0.2, 0.25) is 0 Å². The van der Waals surface area contributed by atoms with Crippen molar-refractivity contribution in [2.24, 2.45) is 0 Å². The van der Waals surface area contributed by atoms with Crippen molar-refractivity contribution in [3.05, 3.63) is 63.4 Å². The summed E-state index contributed by atoms with van der Waals surface area (Å²) in [7, 11) is 2.93. The number of ether oxygens (including phenoxy) is 2. The first kappa shape index (κ1) is 22.4. The predicted molar refractivity (Wildman–Crippen MR) is 114 cm³/mol. The van der Waals surface area contributed by atoms with Gasteiger partial charge in [0.05, 0.1) is 39.8 Å². The number of benzene rings is 2. The molecule has 3 rings (SSSR count). The largest absolute Gasteiger partial charge is 0.465 e. The van der Waals surface area contributed by atoms with Crippen molar-refractivity contribution in [3.63, 3.8) is 0 Å². The van der Waals surface area contributed by atoms with E-state index in [1.165, 1.54) is 7.11 Å². The van der Waals surface area contributed by atoms with Gasteiger partial charge in [0.15, 0.2) is 0 Å². The number of esters is 1. The summed E-state index contributed by atoms with van der Waals surface area (Å²) in [6.07, 6.45) is 0.0718. The van der Waals surface area contributed by atoms with E-state index in [0.29, 0.717) is 22.4 Å². The minimum absolute atomic E-state index is 0.0638. The molecule has 2 aromatic carbocycles. The number of hydrogen-bond donors (Lipinski definition) is 0. The van der Waals surface area contributed by atoms with E-state index in [4.69, 9.17) is 9.47 Å². The second-order valence-corrected chi connectivity index (χ2v) is 8.47. The number of carbonyl (C=O) groups excluding carboxylic acids is 1. The molecule has 0 saturated heterocycles. The van der Waals surface area contributed by atoms with E-state index in [1.807, 2.05) is 25.3 Å². The molecule has 0 unspecified atom stereocenters. The van der Waals surface area contributed by atoms with Crippen molar-refractivity contribution in [1.82, 2.24) is 9.55 Å². The van der Waals surface area contributed by atoms with Crippen molar-refractivity contribution in [1.29, 1.82) is 0 Å². The molecular weight excluding hydrogens is 458 g/mol. The van der Waals surface area contributed by atoms with Gasteiger partial charge >= 0.3 is 5.97 Å². The van der Waals surface area contributed by atoms with Crippen LogP contribution in [0.1, 0.15) is 48.6 Å². The lowest BCUT2D eigenvalue weighted by Gasteiger charge is -2.33. The van der Waals surface area contributed by atoms with Gasteiger partial charge in [-0.2, -0.15) is 0 Å². The van der Waals surface area contributed by atoms with Crippen LogP contribution in [-0.2, 0) is 15.9 Å². The van der Waals surface area contributed by atoms with Crippen LogP contribution >= 0.6 is 15.9 Å². The Morgan fingerprint density at radius 1 is 1.20 bits per heavy atom. The molecule has 0 radical (unpaired) electrons. The summed E-state index contributed by atoms with van der Waals surface area (Å²) in [6.45, 7) is 5.81. The zero-order chi connectivity index (χ0) is 22.2. The fraction of sp³-hybridized carbons (Fsp3) is 0.364. The van der Waals surface area contributed by atoms with Gasteiger partial charge in [0, 0.05) is 13.5 Å². The third kappa shape index (κ3) is 4.11. The van der Waals surface area contributed by atoms with Crippen molar-refractivity contribution in [2.45, 2.75) is 38.8 Å². The van der Waals surface area contributed by atoms with E-state index >= 15 is 0 Å². The molecular formula is C22H23BrF2N2O3. The lowest BCUT2D eigenvalue weighted by molar-refractivity contribution is -0.0161. The number of halogens is 3. The number of imidazole rings is 1. The Hall–Kier alpha value is -2.32. The highest BCUT2D eigenvalue weighted by Crippen LogP contribution is 2.32. The summed E-state index contributed by atoms with van der Waals surface area (Å²) in [5.41, 5.74) is 1.29. The Morgan fingerprint density at radius 3 is 2.53 bits per heavy atom. The van der Waals surface area contributed by atoms with E-state index in [-0.39, 0.29) is 22.5 Å². The molecule has 1 heterocycles. The molecule has 0 saturated carbocycles. The second-order valence-electron chi connectivity index (χ2n) is 7.61.